The van der Waals surface area contributed by atoms with Gasteiger partial charge in [-0.2, -0.15) is 0 Å². The standard InChI is InChI=1S/C20H23Cl2N3O2/c1-14(20(26)23-17-11-15(21)10-16(22)12-17)24-6-8-25(9-7-24)18-4-3-5-19(13-18)27-2/h3-5,10-14H,6-9H2,1-2H3,(H,23,26)/p+1/t14-/m0/s1. The minimum absolute atomic E-state index is 0.0295. The van der Waals surface area contributed by atoms with E-state index in [0.717, 1.165) is 37.6 Å². The first-order valence-electron chi connectivity index (χ1n) is 8.97. The molecule has 1 fully saturated rings. The molecule has 2 aromatic rings. The summed E-state index contributed by atoms with van der Waals surface area (Å²) in [4.78, 5) is 16.2. The molecule has 0 bridgehead atoms. The zero-order valence-corrected chi connectivity index (χ0v) is 17.0. The topological polar surface area (TPSA) is 46.0 Å². The first kappa shape index (κ1) is 19.8. The first-order valence-corrected chi connectivity index (χ1v) is 9.72. The zero-order chi connectivity index (χ0) is 19.4. The van der Waals surface area contributed by atoms with Crippen LogP contribution in [-0.4, -0.2) is 45.2 Å². The maximum Gasteiger partial charge on any atom is 0.282 e. The Morgan fingerprint density at radius 2 is 1.81 bits per heavy atom. The fourth-order valence-corrected chi connectivity index (χ4v) is 3.88. The molecule has 5 nitrogen and oxygen atoms in total. The Hall–Kier alpha value is -1.95. The lowest BCUT2D eigenvalue weighted by Gasteiger charge is -2.36. The molecule has 1 aliphatic heterocycles. The molecule has 1 saturated heterocycles. The predicted octanol–water partition coefficient (Wildman–Crippen LogP) is 2.73. The second-order valence-corrected chi connectivity index (χ2v) is 7.59. The van der Waals surface area contributed by atoms with Gasteiger partial charge in [-0.1, -0.05) is 29.3 Å². The predicted molar refractivity (Wildman–Crippen MR) is 110 cm³/mol. The van der Waals surface area contributed by atoms with E-state index >= 15 is 0 Å². The van der Waals surface area contributed by atoms with E-state index in [9.17, 15) is 4.79 Å². The van der Waals surface area contributed by atoms with Crippen molar-refractivity contribution in [2.75, 3.05) is 43.5 Å². The van der Waals surface area contributed by atoms with Crippen LogP contribution in [0.1, 0.15) is 6.92 Å². The lowest BCUT2D eigenvalue weighted by Crippen LogP contribution is -3.19. The molecule has 2 aromatic carbocycles. The van der Waals surface area contributed by atoms with Crippen molar-refractivity contribution >= 4 is 40.5 Å². The maximum atomic E-state index is 12.6. The van der Waals surface area contributed by atoms with E-state index in [1.165, 1.54) is 4.90 Å². The van der Waals surface area contributed by atoms with Crippen LogP contribution in [-0.2, 0) is 4.79 Å². The van der Waals surface area contributed by atoms with Crippen LogP contribution >= 0.6 is 23.2 Å². The third-order valence-corrected chi connectivity index (χ3v) is 5.40. The number of amides is 1. The van der Waals surface area contributed by atoms with Crippen LogP contribution in [0.5, 0.6) is 5.75 Å². The van der Waals surface area contributed by atoms with E-state index in [1.54, 1.807) is 25.3 Å². The average molecular weight is 409 g/mol. The number of hydrogen-bond acceptors (Lipinski definition) is 3. The van der Waals surface area contributed by atoms with Crippen LogP contribution in [0.15, 0.2) is 42.5 Å². The zero-order valence-electron chi connectivity index (χ0n) is 15.5. The highest BCUT2D eigenvalue weighted by Crippen LogP contribution is 2.23. The largest absolute Gasteiger partial charge is 0.497 e. The summed E-state index contributed by atoms with van der Waals surface area (Å²) in [6.07, 6.45) is 0. The van der Waals surface area contributed by atoms with E-state index in [0.29, 0.717) is 15.7 Å². The quantitative estimate of drug-likeness (QED) is 0.799. The molecule has 1 amide bonds. The molecule has 3 rings (SSSR count). The number of halogens is 2. The van der Waals surface area contributed by atoms with Crippen molar-refractivity contribution in [1.29, 1.82) is 0 Å². The SMILES string of the molecule is COc1cccc(N2CC[NH+]([C@@H](C)C(=O)Nc3cc(Cl)cc(Cl)c3)CC2)c1. The van der Waals surface area contributed by atoms with E-state index in [4.69, 9.17) is 27.9 Å². The van der Waals surface area contributed by atoms with Gasteiger partial charge in [0.1, 0.15) is 5.75 Å². The highest BCUT2D eigenvalue weighted by molar-refractivity contribution is 6.35. The monoisotopic (exact) mass is 408 g/mol. The van der Waals surface area contributed by atoms with Gasteiger partial charge in [0.15, 0.2) is 6.04 Å². The third-order valence-electron chi connectivity index (χ3n) is 4.96. The summed E-state index contributed by atoms with van der Waals surface area (Å²) in [6.45, 7) is 5.52. The van der Waals surface area contributed by atoms with E-state index in [2.05, 4.69) is 16.3 Å². The minimum Gasteiger partial charge on any atom is -0.497 e. The fourth-order valence-electron chi connectivity index (χ4n) is 3.35. The molecule has 0 unspecified atom stereocenters. The maximum absolute atomic E-state index is 12.6. The Morgan fingerprint density at radius 1 is 1.15 bits per heavy atom. The van der Waals surface area contributed by atoms with Gasteiger partial charge in [-0.15, -0.1) is 0 Å². The summed E-state index contributed by atoms with van der Waals surface area (Å²) in [7, 11) is 1.68. The Labute approximate surface area is 169 Å². The highest BCUT2D eigenvalue weighted by atomic mass is 35.5. The lowest BCUT2D eigenvalue weighted by atomic mass is 10.2. The molecular weight excluding hydrogens is 385 g/mol. The first-order chi connectivity index (χ1) is 13.0. The molecular formula is C20H24Cl2N3O2+. The van der Waals surface area contributed by atoms with Gasteiger partial charge >= 0.3 is 0 Å². The number of benzene rings is 2. The number of nitrogens with one attached hydrogen (secondary N) is 2. The summed E-state index contributed by atoms with van der Waals surface area (Å²) in [5.41, 5.74) is 1.78. The molecule has 7 heteroatoms. The molecule has 0 aliphatic carbocycles. The van der Waals surface area contributed by atoms with E-state index in [-0.39, 0.29) is 11.9 Å². The van der Waals surface area contributed by atoms with Crippen molar-refractivity contribution in [2.24, 2.45) is 0 Å². The van der Waals surface area contributed by atoms with Crippen molar-refractivity contribution in [1.82, 2.24) is 0 Å². The smallest absolute Gasteiger partial charge is 0.282 e. The summed E-state index contributed by atoms with van der Waals surface area (Å²) < 4.78 is 5.31. The van der Waals surface area contributed by atoms with Crippen molar-refractivity contribution in [3.8, 4) is 5.75 Å². The Balaban J connectivity index is 1.57. The number of ether oxygens (including phenoxy) is 1. The number of quaternary nitrogens is 1. The van der Waals surface area contributed by atoms with E-state index < -0.39 is 0 Å². The van der Waals surface area contributed by atoms with Gasteiger partial charge in [0.25, 0.3) is 5.91 Å². The summed E-state index contributed by atoms with van der Waals surface area (Å²) in [6, 6.07) is 13.0. The van der Waals surface area contributed by atoms with Crippen LogP contribution in [0, 0.1) is 0 Å². The number of rotatable bonds is 5. The molecule has 0 radical (unpaired) electrons. The lowest BCUT2D eigenvalue weighted by molar-refractivity contribution is -0.914. The molecule has 0 aromatic heterocycles. The second kappa shape index (κ2) is 8.83. The number of piperazine rings is 1. The molecule has 1 atom stereocenters. The summed E-state index contributed by atoms with van der Waals surface area (Å²) in [5.74, 6) is 0.827. The van der Waals surface area contributed by atoms with Gasteiger partial charge in [-0.3, -0.25) is 4.79 Å². The number of carbonyl (C=O) groups is 1. The molecule has 0 spiro atoms. The third kappa shape index (κ3) is 5.06. The molecule has 27 heavy (non-hydrogen) atoms. The van der Waals surface area contributed by atoms with Crippen LogP contribution in [0.3, 0.4) is 0 Å². The molecule has 1 aliphatic rings. The van der Waals surface area contributed by atoms with Crippen LogP contribution in [0.2, 0.25) is 10.0 Å². The highest BCUT2D eigenvalue weighted by Gasteiger charge is 2.29. The Morgan fingerprint density at radius 3 is 2.44 bits per heavy atom. The van der Waals surface area contributed by atoms with Gasteiger partial charge in [0.2, 0.25) is 0 Å². The average Bonchev–Trinajstić information content (AvgIpc) is 2.66. The molecule has 144 valence electrons. The van der Waals surface area contributed by atoms with Crippen LogP contribution < -0.4 is 19.9 Å². The van der Waals surface area contributed by atoms with Gasteiger partial charge in [-0.05, 0) is 37.3 Å². The summed E-state index contributed by atoms with van der Waals surface area (Å²) >= 11 is 12.0. The van der Waals surface area contributed by atoms with Gasteiger partial charge in [0.05, 0.1) is 33.3 Å². The number of carbonyl (C=O) groups excluding carboxylic acids is 1. The van der Waals surface area contributed by atoms with Crippen molar-refractivity contribution in [3.05, 3.63) is 52.5 Å². The summed E-state index contributed by atoms with van der Waals surface area (Å²) in [5, 5.41) is 3.93. The van der Waals surface area contributed by atoms with Crippen molar-refractivity contribution < 1.29 is 14.4 Å². The molecule has 2 N–H and O–H groups in total. The van der Waals surface area contributed by atoms with Crippen LogP contribution in [0.25, 0.3) is 0 Å². The molecule has 0 saturated carbocycles. The Kier molecular flexibility index (Phi) is 6.47. The van der Waals surface area contributed by atoms with Crippen LogP contribution in [0.4, 0.5) is 11.4 Å². The van der Waals surface area contributed by atoms with Gasteiger partial charge in [-0.25, -0.2) is 0 Å². The fraction of sp³-hybridized carbons (Fsp3) is 0.350. The van der Waals surface area contributed by atoms with Crippen molar-refractivity contribution in [2.45, 2.75) is 13.0 Å². The number of methoxy groups -OCH3 is 1. The Bertz CT molecular complexity index is 787. The normalized spacial score (nSPS) is 16.1. The molecule has 1 heterocycles. The number of hydrogen-bond donors (Lipinski definition) is 2. The van der Waals surface area contributed by atoms with E-state index in [1.807, 2.05) is 25.1 Å². The van der Waals surface area contributed by atoms with Crippen molar-refractivity contribution in [3.63, 3.8) is 0 Å². The number of anilines is 2. The van der Waals surface area contributed by atoms with Gasteiger partial charge < -0.3 is 19.9 Å². The minimum atomic E-state index is -0.157. The number of nitrogens with zero attached hydrogens (tertiary/aromatic N) is 1. The second-order valence-electron chi connectivity index (χ2n) is 6.72. The van der Waals surface area contributed by atoms with Gasteiger partial charge in [0, 0.05) is 27.5 Å².